The van der Waals surface area contributed by atoms with Gasteiger partial charge in [0.1, 0.15) is 0 Å². The number of carbonyl (C=O) groups is 1. The molecule has 0 fully saturated rings. The van der Waals surface area contributed by atoms with Crippen LogP contribution < -0.4 is 0 Å². The highest BCUT2D eigenvalue weighted by Gasteiger charge is 2.01. The highest BCUT2D eigenvalue weighted by Crippen LogP contribution is 2.17. The molecule has 1 N–H and O–H groups in total. The number of allylic oxidation sites excluding steroid dienone is 1. The van der Waals surface area contributed by atoms with Crippen molar-refractivity contribution in [2.45, 2.75) is 84.5 Å². The summed E-state index contributed by atoms with van der Waals surface area (Å²) in [7, 11) is 0. The number of hydrogen-bond donors (Lipinski definition) is 1. The van der Waals surface area contributed by atoms with Gasteiger partial charge in [0, 0.05) is 6.08 Å². The van der Waals surface area contributed by atoms with Crippen molar-refractivity contribution in [1.82, 2.24) is 0 Å². The van der Waals surface area contributed by atoms with Crippen LogP contribution in [0.15, 0.2) is 11.6 Å². The zero-order chi connectivity index (χ0) is 13.6. The molecule has 0 radical (unpaired) electrons. The first-order chi connectivity index (χ1) is 8.70. The molecule has 0 bridgehead atoms. The molecule has 0 amide bonds. The van der Waals surface area contributed by atoms with Gasteiger partial charge >= 0.3 is 5.97 Å². The first-order valence-corrected chi connectivity index (χ1v) is 7.63. The molecule has 0 saturated carbocycles. The molecular formula is C16H30O2. The summed E-state index contributed by atoms with van der Waals surface area (Å²) in [6.45, 7) is 4.40. The summed E-state index contributed by atoms with van der Waals surface area (Å²) in [5.74, 6) is -0.785. The van der Waals surface area contributed by atoms with Gasteiger partial charge in [0.2, 0.25) is 0 Å². The Hall–Kier alpha value is -0.790. The summed E-state index contributed by atoms with van der Waals surface area (Å²) < 4.78 is 0. The molecule has 0 spiro atoms. The van der Waals surface area contributed by atoms with E-state index in [0.717, 1.165) is 31.3 Å². The fourth-order valence-electron chi connectivity index (χ4n) is 2.18. The second-order valence-corrected chi connectivity index (χ2v) is 5.12. The number of aliphatic carboxylic acids is 1. The predicted molar refractivity (Wildman–Crippen MR) is 77.9 cm³/mol. The van der Waals surface area contributed by atoms with Crippen molar-refractivity contribution in [3.05, 3.63) is 11.6 Å². The Kier molecular flexibility index (Phi) is 12.1. The van der Waals surface area contributed by atoms with Crippen LogP contribution in [0.5, 0.6) is 0 Å². The van der Waals surface area contributed by atoms with Gasteiger partial charge in [-0.05, 0) is 25.7 Å². The maximum atomic E-state index is 10.7. The van der Waals surface area contributed by atoms with E-state index in [1.165, 1.54) is 51.0 Å². The fourth-order valence-corrected chi connectivity index (χ4v) is 2.18. The van der Waals surface area contributed by atoms with Crippen molar-refractivity contribution in [2.24, 2.45) is 0 Å². The molecular weight excluding hydrogens is 224 g/mol. The lowest BCUT2D eigenvalue weighted by Crippen LogP contribution is -1.94. The van der Waals surface area contributed by atoms with Crippen LogP contribution in [0.2, 0.25) is 0 Å². The molecule has 2 heteroatoms. The summed E-state index contributed by atoms with van der Waals surface area (Å²) in [5, 5.41) is 8.84. The summed E-state index contributed by atoms with van der Waals surface area (Å²) in [5.41, 5.74) is 1.13. The van der Waals surface area contributed by atoms with E-state index in [9.17, 15) is 4.79 Å². The van der Waals surface area contributed by atoms with E-state index in [1.807, 2.05) is 0 Å². The van der Waals surface area contributed by atoms with Gasteiger partial charge in [-0.1, -0.05) is 64.4 Å². The molecule has 2 nitrogen and oxygen atoms in total. The molecule has 0 aliphatic heterocycles. The Morgan fingerprint density at radius 2 is 1.28 bits per heavy atom. The molecule has 18 heavy (non-hydrogen) atoms. The zero-order valence-electron chi connectivity index (χ0n) is 12.2. The molecule has 0 aromatic rings. The van der Waals surface area contributed by atoms with Gasteiger partial charge in [0.25, 0.3) is 0 Å². The Bertz CT molecular complexity index is 231. The number of carboxylic acids is 1. The van der Waals surface area contributed by atoms with Crippen LogP contribution in [-0.4, -0.2) is 11.1 Å². The molecule has 0 unspecified atom stereocenters. The molecule has 0 aliphatic carbocycles. The van der Waals surface area contributed by atoms with Crippen LogP contribution in [0.1, 0.15) is 84.5 Å². The Labute approximate surface area is 112 Å². The van der Waals surface area contributed by atoms with Crippen molar-refractivity contribution in [1.29, 1.82) is 0 Å². The summed E-state index contributed by atoms with van der Waals surface area (Å²) in [6.07, 6.45) is 14.5. The first-order valence-electron chi connectivity index (χ1n) is 7.63. The van der Waals surface area contributed by atoms with Gasteiger partial charge in [-0.25, -0.2) is 4.79 Å². The minimum Gasteiger partial charge on any atom is -0.478 e. The second-order valence-electron chi connectivity index (χ2n) is 5.12. The van der Waals surface area contributed by atoms with E-state index in [-0.39, 0.29) is 0 Å². The third-order valence-electron chi connectivity index (χ3n) is 3.28. The zero-order valence-corrected chi connectivity index (χ0v) is 12.2. The van der Waals surface area contributed by atoms with E-state index < -0.39 is 5.97 Å². The normalized spacial score (nSPS) is 11.8. The molecule has 0 rings (SSSR count). The molecule has 0 saturated heterocycles. The number of rotatable bonds is 12. The van der Waals surface area contributed by atoms with Crippen LogP contribution in [0.25, 0.3) is 0 Å². The third kappa shape index (κ3) is 11.7. The number of hydrogen-bond acceptors (Lipinski definition) is 1. The Morgan fingerprint density at radius 1 is 0.833 bits per heavy atom. The number of unbranched alkanes of at least 4 members (excludes halogenated alkanes) is 7. The number of carboxylic acid groups (broad SMARTS) is 1. The smallest absolute Gasteiger partial charge is 0.328 e. The second kappa shape index (κ2) is 12.7. The van der Waals surface area contributed by atoms with Gasteiger partial charge in [-0.2, -0.15) is 0 Å². The van der Waals surface area contributed by atoms with E-state index in [0.29, 0.717) is 0 Å². The van der Waals surface area contributed by atoms with Crippen molar-refractivity contribution >= 4 is 5.97 Å². The summed E-state index contributed by atoms with van der Waals surface area (Å²) in [4.78, 5) is 10.7. The first kappa shape index (κ1) is 17.2. The van der Waals surface area contributed by atoms with Crippen molar-refractivity contribution in [2.75, 3.05) is 0 Å². The van der Waals surface area contributed by atoms with E-state index in [2.05, 4.69) is 13.8 Å². The summed E-state index contributed by atoms with van der Waals surface area (Å²) >= 11 is 0. The molecule has 0 aliphatic rings. The molecule has 0 aromatic carbocycles. The van der Waals surface area contributed by atoms with Gasteiger partial charge in [0.15, 0.2) is 0 Å². The maximum Gasteiger partial charge on any atom is 0.328 e. The molecule has 0 atom stereocenters. The monoisotopic (exact) mass is 254 g/mol. The van der Waals surface area contributed by atoms with Crippen molar-refractivity contribution in [3.63, 3.8) is 0 Å². The van der Waals surface area contributed by atoms with Gasteiger partial charge < -0.3 is 5.11 Å². The van der Waals surface area contributed by atoms with Gasteiger partial charge in [0.05, 0.1) is 0 Å². The van der Waals surface area contributed by atoms with Crippen molar-refractivity contribution < 1.29 is 9.90 Å². The lowest BCUT2D eigenvalue weighted by molar-refractivity contribution is -0.131. The average Bonchev–Trinajstić information content (AvgIpc) is 2.33. The lowest BCUT2D eigenvalue weighted by Gasteiger charge is -2.06. The van der Waals surface area contributed by atoms with Gasteiger partial charge in [-0.15, -0.1) is 0 Å². The molecule has 0 aromatic heterocycles. The minimum atomic E-state index is -0.785. The van der Waals surface area contributed by atoms with E-state index in [1.54, 1.807) is 0 Å². The van der Waals surface area contributed by atoms with E-state index >= 15 is 0 Å². The maximum absolute atomic E-state index is 10.7. The average molecular weight is 254 g/mol. The quantitative estimate of drug-likeness (QED) is 0.377. The largest absolute Gasteiger partial charge is 0.478 e. The van der Waals surface area contributed by atoms with Crippen LogP contribution >= 0.6 is 0 Å². The standard InChI is InChI=1S/C16H30O2/c1-3-5-7-8-9-11-13-15(14-16(17)18)12-10-6-4-2/h14H,3-13H2,1-2H3,(H,17,18)/b15-14+. The van der Waals surface area contributed by atoms with Crippen LogP contribution in [-0.2, 0) is 4.79 Å². The predicted octanol–water partition coefficient (Wildman–Crippen LogP) is 5.33. The highest BCUT2D eigenvalue weighted by molar-refractivity contribution is 5.80. The van der Waals surface area contributed by atoms with Crippen molar-refractivity contribution in [3.8, 4) is 0 Å². The lowest BCUT2D eigenvalue weighted by atomic mass is 10.00. The Morgan fingerprint density at radius 3 is 1.83 bits per heavy atom. The molecule has 106 valence electrons. The SMILES string of the molecule is CCCCCCCC/C(=C/C(=O)O)CCCCC. The fraction of sp³-hybridized carbons (Fsp3) is 0.812. The Balaban J connectivity index is 3.76. The van der Waals surface area contributed by atoms with Crippen LogP contribution in [0, 0.1) is 0 Å². The van der Waals surface area contributed by atoms with Gasteiger partial charge in [-0.3, -0.25) is 0 Å². The van der Waals surface area contributed by atoms with E-state index in [4.69, 9.17) is 5.11 Å². The van der Waals surface area contributed by atoms with Crippen LogP contribution in [0.3, 0.4) is 0 Å². The highest BCUT2D eigenvalue weighted by atomic mass is 16.4. The van der Waals surface area contributed by atoms with Crippen LogP contribution in [0.4, 0.5) is 0 Å². The molecule has 0 heterocycles. The topological polar surface area (TPSA) is 37.3 Å². The third-order valence-corrected chi connectivity index (χ3v) is 3.28. The summed E-state index contributed by atoms with van der Waals surface area (Å²) in [6, 6.07) is 0. The minimum absolute atomic E-state index is 0.785.